The van der Waals surface area contributed by atoms with Crippen LogP contribution in [0.25, 0.3) is 0 Å². The molecule has 16 heavy (non-hydrogen) atoms. The van der Waals surface area contributed by atoms with Crippen molar-refractivity contribution < 1.29 is 0 Å². The third-order valence-corrected chi connectivity index (χ3v) is 3.31. The first-order valence-electron chi connectivity index (χ1n) is 6.20. The minimum atomic E-state index is 0.505. The van der Waals surface area contributed by atoms with E-state index in [1.54, 1.807) is 0 Å². The van der Waals surface area contributed by atoms with Crippen LogP contribution in [0.4, 0.5) is 0 Å². The monoisotopic (exact) mass is 218 g/mol. The number of hydrogen-bond donors (Lipinski definition) is 0. The third kappa shape index (κ3) is 2.08. The maximum absolute atomic E-state index is 9.06. The van der Waals surface area contributed by atoms with E-state index in [1.165, 1.54) is 32.1 Å². The average Bonchev–Trinajstić information content (AvgIpc) is 2.74. The number of nitrogens with zero attached hydrogens (tertiary/aromatic N) is 4. The highest BCUT2D eigenvalue weighted by Gasteiger charge is 2.23. The van der Waals surface area contributed by atoms with Crippen LogP contribution >= 0.6 is 0 Å². The van der Waals surface area contributed by atoms with Gasteiger partial charge in [-0.25, -0.2) is 4.68 Å². The zero-order valence-electron chi connectivity index (χ0n) is 9.82. The molecule has 0 atom stereocenters. The Kier molecular flexibility index (Phi) is 3.55. The smallest absolute Gasteiger partial charge is 0.186 e. The van der Waals surface area contributed by atoms with Crippen LogP contribution in [-0.2, 0) is 6.54 Å². The molecule has 0 unspecified atom stereocenters. The molecule has 0 amide bonds. The highest BCUT2D eigenvalue weighted by molar-refractivity contribution is 5.28. The zero-order chi connectivity index (χ0) is 11.4. The van der Waals surface area contributed by atoms with E-state index >= 15 is 0 Å². The lowest BCUT2D eigenvalue weighted by Crippen LogP contribution is -2.13. The molecule has 0 aromatic carbocycles. The summed E-state index contributed by atoms with van der Waals surface area (Å²) in [5, 5.41) is 17.1. The molecule has 1 saturated carbocycles. The fourth-order valence-corrected chi connectivity index (χ4v) is 2.56. The maximum Gasteiger partial charge on any atom is 0.186 e. The van der Waals surface area contributed by atoms with Gasteiger partial charge in [-0.3, -0.25) is 0 Å². The Morgan fingerprint density at radius 1 is 1.38 bits per heavy atom. The SMILES string of the molecule is CCCn1nnc(C#N)c1C1CCCCC1. The van der Waals surface area contributed by atoms with Crippen molar-refractivity contribution in [2.24, 2.45) is 0 Å². The molecule has 0 aliphatic heterocycles. The summed E-state index contributed by atoms with van der Waals surface area (Å²) in [5.41, 5.74) is 1.63. The molecule has 1 aromatic heterocycles. The molecule has 1 heterocycles. The molecule has 4 heteroatoms. The number of rotatable bonds is 3. The van der Waals surface area contributed by atoms with Crippen molar-refractivity contribution in [1.29, 1.82) is 5.26 Å². The van der Waals surface area contributed by atoms with Crippen LogP contribution in [0.15, 0.2) is 0 Å². The predicted octanol–water partition coefficient (Wildman–Crippen LogP) is 2.61. The summed E-state index contributed by atoms with van der Waals surface area (Å²) in [6.07, 6.45) is 7.28. The largest absolute Gasteiger partial charge is 0.248 e. The fourth-order valence-electron chi connectivity index (χ4n) is 2.56. The maximum atomic E-state index is 9.06. The van der Waals surface area contributed by atoms with E-state index in [-0.39, 0.29) is 0 Å². The highest BCUT2D eigenvalue weighted by atomic mass is 15.4. The number of hydrogen-bond acceptors (Lipinski definition) is 3. The van der Waals surface area contributed by atoms with E-state index in [0.29, 0.717) is 11.6 Å². The molecule has 1 aromatic rings. The number of nitriles is 1. The first-order chi connectivity index (χ1) is 7.86. The van der Waals surface area contributed by atoms with Gasteiger partial charge in [-0.2, -0.15) is 5.26 Å². The number of aromatic nitrogens is 3. The summed E-state index contributed by atoms with van der Waals surface area (Å²) in [6, 6.07) is 2.18. The first kappa shape index (κ1) is 11.1. The Morgan fingerprint density at radius 3 is 2.75 bits per heavy atom. The molecule has 4 nitrogen and oxygen atoms in total. The Balaban J connectivity index is 2.28. The van der Waals surface area contributed by atoms with Crippen LogP contribution in [0.5, 0.6) is 0 Å². The van der Waals surface area contributed by atoms with Crippen LogP contribution in [0, 0.1) is 11.3 Å². The van der Waals surface area contributed by atoms with Gasteiger partial charge >= 0.3 is 0 Å². The van der Waals surface area contributed by atoms with Crippen LogP contribution in [0.2, 0.25) is 0 Å². The van der Waals surface area contributed by atoms with Crippen molar-refractivity contribution in [2.45, 2.75) is 57.9 Å². The van der Waals surface area contributed by atoms with E-state index in [4.69, 9.17) is 5.26 Å². The quantitative estimate of drug-likeness (QED) is 0.783. The van der Waals surface area contributed by atoms with Gasteiger partial charge in [0.25, 0.3) is 0 Å². The van der Waals surface area contributed by atoms with Gasteiger partial charge < -0.3 is 0 Å². The topological polar surface area (TPSA) is 54.5 Å². The molecule has 0 spiro atoms. The van der Waals surface area contributed by atoms with Gasteiger partial charge in [0.05, 0.1) is 5.69 Å². The minimum Gasteiger partial charge on any atom is -0.248 e. The molecule has 0 bridgehead atoms. The molecule has 2 rings (SSSR count). The lowest BCUT2D eigenvalue weighted by Gasteiger charge is -2.22. The number of aryl methyl sites for hydroxylation is 1. The van der Waals surface area contributed by atoms with Gasteiger partial charge in [-0.15, -0.1) is 5.10 Å². The summed E-state index contributed by atoms with van der Waals surface area (Å²) >= 11 is 0. The van der Waals surface area contributed by atoms with Crippen LogP contribution in [0.3, 0.4) is 0 Å². The van der Waals surface area contributed by atoms with E-state index in [0.717, 1.165) is 18.7 Å². The molecule has 0 radical (unpaired) electrons. The molecular weight excluding hydrogens is 200 g/mol. The third-order valence-electron chi connectivity index (χ3n) is 3.31. The van der Waals surface area contributed by atoms with Crippen molar-refractivity contribution in [3.05, 3.63) is 11.4 Å². The van der Waals surface area contributed by atoms with Crippen molar-refractivity contribution in [1.82, 2.24) is 15.0 Å². The molecule has 0 N–H and O–H groups in total. The zero-order valence-corrected chi connectivity index (χ0v) is 9.82. The summed E-state index contributed by atoms with van der Waals surface area (Å²) in [4.78, 5) is 0. The van der Waals surface area contributed by atoms with Gasteiger partial charge in [0.15, 0.2) is 5.69 Å². The molecule has 0 saturated heterocycles. The van der Waals surface area contributed by atoms with Crippen LogP contribution < -0.4 is 0 Å². The summed E-state index contributed by atoms with van der Waals surface area (Å²) in [5.74, 6) is 0.505. The second-order valence-electron chi connectivity index (χ2n) is 4.49. The Bertz CT molecular complexity index is 382. The fraction of sp³-hybridized carbons (Fsp3) is 0.750. The highest BCUT2D eigenvalue weighted by Crippen LogP contribution is 2.33. The minimum absolute atomic E-state index is 0.505. The van der Waals surface area contributed by atoms with Crippen molar-refractivity contribution in [2.75, 3.05) is 0 Å². The van der Waals surface area contributed by atoms with E-state index in [9.17, 15) is 0 Å². The Labute approximate surface area is 96.3 Å². The van der Waals surface area contributed by atoms with Crippen molar-refractivity contribution >= 4 is 0 Å². The van der Waals surface area contributed by atoms with Gasteiger partial charge in [0, 0.05) is 12.5 Å². The standard InChI is InChI=1S/C12H18N4/c1-2-8-16-12(11(9-13)14-15-16)10-6-4-3-5-7-10/h10H,2-8H2,1H3. The van der Waals surface area contributed by atoms with Crippen LogP contribution in [0.1, 0.15) is 62.8 Å². The van der Waals surface area contributed by atoms with Gasteiger partial charge in [-0.05, 0) is 19.3 Å². The summed E-state index contributed by atoms with van der Waals surface area (Å²) in [6.45, 7) is 3.00. The van der Waals surface area contributed by atoms with E-state index < -0.39 is 0 Å². The van der Waals surface area contributed by atoms with Crippen LogP contribution in [-0.4, -0.2) is 15.0 Å². The van der Waals surface area contributed by atoms with Crippen molar-refractivity contribution in [3.63, 3.8) is 0 Å². The predicted molar refractivity (Wildman–Crippen MR) is 60.9 cm³/mol. The average molecular weight is 218 g/mol. The van der Waals surface area contributed by atoms with Crippen molar-refractivity contribution in [3.8, 4) is 6.07 Å². The molecule has 1 fully saturated rings. The van der Waals surface area contributed by atoms with E-state index in [2.05, 4.69) is 23.3 Å². The Morgan fingerprint density at radius 2 is 2.12 bits per heavy atom. The second kappa shape index (κ2) is 5.11. The normalized spacial score (nSPS) is 17.2. The van der Waals surface area contributed by atoms with Gasteiger partial charge in [0.1, 0.15) is 6.07 Å². The molecular formula is C12H18N4. The summed E-state index contributed by atoms with van der Waals surface area (Å²) < 4.78 is 1.94. The van der Waals surface area contributed by atoms with Gasteiger partial charge in [0.2, 0.25) is 0 Å². The first-order valence-corrected chi connectivity index (χ1v) is 6.20. The van der Waals surface area contributed by atoms with Gasteiger partial charge in [-0.1, -0.05) is 31.4 Å². The molecule has 1 aliphatic rings. The lowest BCUT2D eigenvalue weighted by molar-refractivity contribution is 0.412. The Hall–Kier alpha value is -1.37. The summed E-state index contributed by atoms with van der Waals surface area (Å²) in [7, 11) is 0. The second-order valence-corrected chi connectivity index (χ2v) is 4.49. The molecule has 86 valence electrons. The molecule has 1 aliphatic carbocycles. The van der Waals surface area contributed by atoms with E-state index in [1.807, 2.05) is 4.68 Å². The lowest BCUT2D eigenvalue weighted by atomic mass is 9.86.